The van der Waals surface area contributed by atoms with Crippen LogP contribution in [0, 0.1) is 0 Å². The molecular formula is C18H16F3N3O4. The highest BCUT2D eigenvalue weighted by Gasteiger charge is 2.38. The number of nitrogens with two attached hydrogens (primary N) is 1. The number of rotatable bonds is 3. The molecule has 3 rings (SSSR count). The number of hydrogen-bond acceptors (Lipinski definition) is 4. The lowest BCUT2D eigenvalue weighted by atomic mass is 10.1. The van der Waals surface area contributed by atoms with Crippen molar-refractivity contribution >= 4 is 29.2 Å². The van der Waals surface area contributed by atoms with Gasteiger partial charge in [0.05, 0.1) is 6.42 Å². The second kappa shape index (κ2) is 8.53. The number of amides is 2. The molecule has 0 saturated carbocycles. The first-order valence-electron chi connectivity index (χ1n) is 7.92. The normalized spacial score (nSPS) is 13.5. The van der Waals surface area contributed by atoms with Crippen molar-refractivity contribution in [1.29, 1.82) is 0 Å². The van der Waals surface area contributed by atoms with E-state index in [-0.39, 0.29) is 11.8 Å². The Morgan fingerprint density at radius 3 is 2.32 bits per heavy atom. The maximum atomic E-state index is 12.2. The zero-order chi connectivity index (χ0) is 20.9. The van der Waals surface area contributed by atoms with Crippen LogP contribution in [0.5, 0.6) is 0 Å². The van der Waals surface area contributed by atoms with Gasteiger partial charge in [-0.05, 0) is 29.3 Å². The van der Waals surface area contributed by atoms with Gasteiger partial charge >= 0.3 is 12.1 Å². The smallest absolute Gasteiger partial charge is 0.475 e. The predicted molar refractivity (Wildman–Crippen MR) is 94.5 cm³/mol. The number of carboxylic acids is 1. The molecule has 2 aromatic rings. The van der Waals surface area contributed by atoms with Crippen molar-refractivity contribution in [3.63, 3.8) is 0 Å². The van der Waals surface area contributed by atoms with E-state index in [1.165, 1.54) is 0 Å². The zero-order valence-corrected chi connectivity index (χ0v) is 14.3. The molecule has 28 heavy (non-hydrogen) atoms. The molecule has 2 amide bonds. The van der Waals surface area contributed by atoms with Gasteiger partial charge in [0.15, 0.2) is 0 Å². The average Bonchev–Trinajstić information content (AvgIpc) is 3.00. The summed E-state index contributed by atoms with van der Waals surface area (Å²) in [6, 6.07) is 13.8. The van der Waals surface area contributed by atoms with Crippen LogP contribution in [0.25, 0.3) is 0 Å². The molecule has 0 spiro atoms. The summed E-state index contributed by atoms with van der Waals surface area (Å²) in [6.45, 7) is 0. The molecule has 0 aromatic heterocycles. The Bertz CT molecular complexity index is 885. The largest absolute Gasteiger partial charge is 0.490 e. The van der Waals surface area contributed by atoms with Crippen molar-refractivity contribution in [3.05, 3.63) is 59.7 Å². The van der Waals surface area contributed by atoms with Crippen molar-refractivity contribution in [1.82, 2.24) is 0 Å². The molecule has 1 atom stereocenters. The van der Waals surface area contributed by atoms with Crippen molar-refractivity contribution in [2.45, 2.75) is 18.6 Å². The van der Waals surface area contributed by atoms with Crippen molar-refractivity contribution in [2.75, 3.05) is 10.6 Å². The van der Waals surface area contributed by atoms with Gasteiger partial charge in [-0.1, -0.05) is 30.3 Å². The highest BCUT2D eigenvalue weighted by Crippen LogP contribution is 2.26. The van der Waals surface area contributed by atoms with E-state index >= 15 is 0 Å². The number of nitrogens with one attached hydrogen (secondary N) is 2. The SMILES string of the molecule is N[C@@H](C(=O)Nc1ccc2c(c1)CC(=O)N2)c1ccccc1.O=C(O)C(F)(F)F. The van der Waals surface area contributed by atoms with Crippen molar-refractivity contribution in [3.8, 4) is 0 Å². The number of carbonyl (C=O) groups excluding carboxylic acids is 2. The molecule has 1 aliphatic heterocycles. The number of hydrogen-bond donors (Lipinski definition) is 4. The van der Waals surface area contributed by atoms with Crippen LogP contribution >= 0.6 is 0 Å². The molecule has 1 aliphatic rings. The maximum absolute atomic E-state index is 12.2. The quantitative estimate of drug-likeness (QED) is 0.636. The minimum Gasteiger partial charge on any atom is -0.475 e. The molecule has 5 N–H and O–H groups in total. The number of benzene rings is 2. The minimum atomic E-state index is -5.08. The third kappa shape index (κ3) is 5.55. The van der Waals surface area contributed by atoms with E-state index in [4.69, 9.17) is 15.6 Å². The van der Waals surface area contributed by atoms with Crippen LogP contribution in [-0.2, 0) is 20.8 Å². The van der Waals surface area contributed by atoms with Crippen LogP contribution in [0.15, 0.2) is 48.5 Å². The Hall–Kier alpha value is -3.40. The molecule has 0 saturated heterocycles. The first-order valence-corrected chi connectivity index (χ1v) is 7.92. The van der Waals surface area contributed by atoms with Crippen LogP contribution in [0.4, 0.5) is 24.5 Å². The zero-order valence-electron chi connectivity index (χ0n) is 14.3. The van der Waals surface area contributed by atoms with Gasteiger partial charge in [0.25, 0.3) is 0 Å². The highest BCUT2D eigenvalue weighted by molar-refractivity contribution is 6.01. The molecule has 0 aliphatic carbocycles. The van der Waals surface area contributed by atoms with Crippen LogP contribution in [0.1, 0.15) is 17.2 Å². The van der Waals surface area contributed by atoms with Gasteiger partial charge in [0.2, 0.25) is 11.8 Å². The molecule has 148 valence electrons. The van der Waals surface area contributed by atoms with Gasteiger partial charge in [0, 0.05) is 11.4 Å². The average molecular weight is 395 g/mol. The van der Waals surface area contributed by atoms with Gasteiger partial charge in [-0.15, -0.1) is 0 Å². The summed E-state index contributed by atoms with van der Waals surface area (Å²) in [7, 11) is 0. The molecule has 7 nitrogen and oxygen atoms in total. The number of anilines is 2. The van der Waals surface area contributed by atoms with E-state index in [0.717, 1.165) is 16.8 Å². The first kappa shape index (κ1) is 20.9. The summed E-state index contributed by atoms with van der Waals surface area (Å²) in [5, 5.41) is 12.7. The highest BCUT2D eigenvalue weighted by atomic mass is 19.4. The fraction of sp³-hybridized carbons (Fsp3) is 0.167. The number of fused-ring (bicyclic) bond motifs is 1. The molecule has 2 aromatic carbocycles. The first-order chi connectivity index (χ1) is 13.1. The third-order valence-corrected chi connectivity index (χ3v) is 3.68. The lowest BCUT2D eigenvalue weighted by Crippen LogP contribution is -2.27. The summed E-state index contributed by atoms with van der Waals surface area (Å²) in [5.41, 5.74) is 9.02. The summed E-state index contributed by atoms with van der Waals surface area (Å²) in [4.78, 5) is 32.4. The van der Waals surface area contributed by atoms with Crippen molar-refractivity contribution in [2.24, 2.45) is 5.73 Å². The Kier molecular flexibility index (Phi) is 6.37. The maximum Gasteiger partial charge on any atom is 0.490 e. The molecule has 1 heterocycles. The fourth-order valence-corrected chi connectivity index (χ4v) is 2.34. The Morgan fingerprint density at radius 2 is 1.75 bits per heavy atom. The second-order valence-electron chi connectivity index (χ2n) is 5.78. The topological polar surface area (TPSA) is 122 Å². The summed E-state index contributed by atoms with van der Waals surface area (Å²) in [5.74, 6) is -3.07. The molecule has 0 radical (unpaired) electrons. The van der Waals surface area contributed by atoms with Gasteiger partial charge in [-0.25, -0.2) is 4.79 Å². The van der Waals surface area contributed by atoms with Gasteiger partial charge in [0.1, 0.15) is 6.04 Å². The predicted octanol–water partition coefficient (Wildman–Crippen LogP) is 2.45. The Balaban J connectivity index is 0.000000345. The van der Waals surface area contributed by atoms with E-state index in [1.54, 1.807) is 18.2 Å². The second-order valence-corrected chi connectivity index (χ2v) is 5.78. The number of carboxylic acid groups (broad SMARTS) is 1. The third-order valence-electron chi connectivity index (χ3n) is 3.68. The number of aliphatic carboxylic acids is 1. The van der Waals surface area contributed by atoms with Crippen LogP contribution < -0.4 is 16.4 Å². The number of alkyl halides is 3. The molecule has 0 bridgehead atoms. The van der Waals surface area contributed by atoms with E-state index in [1.807, 2.05) is 30.3 Å². The fourth-order valence-electron chi connectivity index (χ4n) is 2.34. The van der Waals surface area contributed by atoms with Crippen LogP contribution in [0.3, 0.4) is 0 Å². The number of carbonyl (C=O) groups is 3. The summed E-state index contributed by atoms with van der Waals surface area (Å²) >= 11 is 0. The minimum absolute atomic E-state index is 0.0329. The van der Waals surface area contributed by atoms with Crippen molar-refractivity contribution < 1.29 is 32.7 Å². The molecule has 10 heteroatoms. The lowest BCUT2D eigenvalue weighted by molar-refractivity contribution is -0.192. The van der Waals surface area contributed by atoms with Crippen LogP contribution in [0.2, 0.25) is 0 Å². The molecular weight excluding hydrogens is 379 g/mol. The number of halogens is 3. The standard InChI is InChI=1S/C16H15N3O2.C2HF3O2/c17-15(10-4-2-1-3-5-10)16(21)18-12-6-7-13-11(8-12)9-14(20)19-13;3-2(4,5)1(6)7/h1-8,15H,9,17H2,(H,18,21)(H,19,20);(H,6,7)/t15-;/m1./s1. The van der Waals surface area contributed by atoms with E-state index in [2.05, 4.69) is 10.6 Å². The van der Waals surface area contributed by atoms with Gasteiger partial charge in [-0.2, -0.15) is 13.2 Å². The van der Waals surface area contributed by atoms with Crippen LogP contribution in [-0.4, -0.2) is 29.1 Å². The van der Waals surface area contributed by atoms with Gasteiger partial charge < -0.3 is 21.5 Å². The Morgan fingerprint density at radius 1 is 1.14 bits per heavy atom. The lowest BCUT2D eigenvalue weighted by Gasteiger charge is -2.13. The van der Waals surface area contributed by atoms with Gasteiger partial charge in [-0.3, -0.25) is 9.59 Å². The summed E-state index contributed by atoms with van der Waals surface area (Å²) in [6.07, 6.45) is -4.75. The van der Waals surface area contributed by atoms with E-state index in [9.17, 15) is 22.8 Å². The Labute approximate surface area is 157 Å². The molecule has 0 unspecified atom stereocenters. The molecule has 0 fully saturated rings. The monoisotopic (exact) mass is 395 g/mol. The van der Waals surface area contributed by atoms with E-state index in [0.29, 0.717) is 12.1 Å². The summed E-state index contributed by atoms with van der Waals surface area (Å²) < 4.78 is 31.7. The van der Waals surface area contributed by atoms with E-state index < -0.39 is 18.2 Å².